The standard InChI is InChI=1S/C26H34N6/c1-4-18-16-31(24-10-9-19(13-22(18)24)20-14-27-30(3)15-20)26-23-17-29(2)12-11-25(23)32(28-26)21-7-5-6-8-21/h9-10,13-15,18,21H,4-8,11-12,16-17H2,1-3H3. The Bertz CT molecular complexity index is 1140. The van der Waals surface area contributed by atoms with Crippen molar-refractivity contribution in [1.29, 1.82) is 0 Å². The van der Waals surface area contributed by atoms with E-state index < -0.39 is 0 Å². The molecule has 0 radical (unpaired) electrons. The Morgan fingerprint density at radius 1 is 1.09 bits per heavy atom. The summed E-state index contributed by atoms with van der Waals surface area (Å²) in [6, 6.07) is 7.57. The lowest BCUT2D eigenvalue weighted by Gasteiger charge is -2.26. The normalized spacial score (nSPS) is 21.3. The molecule has 32 heavy (non-hydrogen) atoms. The van der Waals surface area contributed by atoms with Gasteiger partial charge in [-0.2, -0.15) is 10.2 Å². The molecule has 2 aliphatic heterocycles. The number of fused-ring (bicyclic) bond motifs is 2. The monoisotopic (exact) mass is 430 g/mol. The Balaban J connectivity index is 1.43. The topological polar surface area (TPSA) is 42.1 Å². The summed E-state index contributed by atoms with van der Waals surface area (Å²) in [6.45, 7) is 5.48. The van der Waals surface area contributed by atoms with Crippen molar-refractivity contribution in [2.75, 3.05) is 25.0 Å². The summed E-state index contributed by atoms with van der Waals surface area (Å²) < 4.78 is 4.32. The maximum Gasteiger partial charge on any atom is 0.159 e. The van der Waals surface area contributed by atoms with Gasteiger partial charge in [0, 0.05) is 67.7 Å². The molecule has 1 unspecified atom stereocenters. The van der Waals surface area contributed by atoms with Gasteiger partial charge in [-0.3, -0.25) is 9.36 Å². The molecule has 0 bridgehead atoms. The minimum absolute atomic E-state index is 0.537. The number of rotatable bonds is 4. The zero-order chi connectivity index (χ0) is 21.8. The fourth-order valence-electron chi connectivity index (χ4n) is 6.07. The second-order valence-electron chi connectivity index (χ2n) is 10.0. The predicted molar refractivity (Wildman–Crippen MR) is 128 cm³/mol. The highest BCUT2D eigenvalue weighted by atomic mass is 15.4. The summed E-state index contributed by atoms with van der Waals surface area (Å²) in [5.41, 5.74) is 8.21. The van der Waals surface area contributed by atoms with E-state index in [1.165, 1.54) is 65.1 Å². The van der Waals surface area contributed by atoms with Crippen LogP contribution >= 0.6 is 0 Å². The summed E-state index contributed by atoms with van der Waals surface area (Å²) in [7, 11) is 4.22. The molecule has 0 N–H and O–H groups in total. The van der Waals surface area contributed by atoms with E-state index in [4.69, 9.17) is 5.10 Å². The number of hydrogen-bond donors (Lipinski definition) is 0. The molecule has 0 amide bonds. The first-order valence-electron chi connectivity index (χ1n) is 12.3. The van der Waals surface area contributed by atoms with E-state index in [0.717, 1.165) is 32.5 Å². The molecule has 3 aromatic rings. The highest BCUT2D eigenvalue weighted by Crippen LogP contribution is 2.46. The number of aryl methyl sites for hydroxylation is 1. The summed E-state index contributed by atoms with van der Waals surface area (Å²) >= 11 is 0. The molecule has 1 fully saturated rings. The van der Waals surface area contributed by atoms with Crippen molar-refractivity contribution in [2.45, 2.75) is 64.0 Å². The molecule has 0 spiro atoms. The first-order chi connectivity index (χ1) is 15.6. The first-order valence-corrected chi connectivity index (χ1v) is 12.3. The number of hydrogen-bond acceptors (Lipinski definition) is 4. The van der Waals surface area contributed by atoms with Crippen molar-refractivity contribution in [3.8, 4) is 11.1 Å². The quantitative estimate of drug-likeness (QED) is 0.582. The van der Waals surface area contributed by atoms with Gasteiger partial charge in [-0.15, -0.1) is 0 Å². The van der Waals surface area contributed by atoms with Crippen molar-refractivity contribution >= 4 is 11.5 Å². The molecule has 6 nitrogen and oxygen atoms in total. The summed E-state index contributed by atoms with van der Waals surface area (Å²) in [5, 5.41) is 9.72. The van der Waals surface area contributed by atoms with Crippen LogP contribution in [0.4, 0.5) is 11.5 Å². The average Bonchev–Trinajstić information content (AvgIpc) is 3.58. The maximum absolute atomic E-state index is 5.34. The van der Waals surface area contributed by atoms with Gasteiger partial charge >= 0.3 is 0 Å². The van der Waals surface area contributed by atoms with Crippen LogP contribution in [0.1, 0.15) is 67.8 Å². The molecule has 3 aliphatic rings. The molecule has 168 valence electrons. The van der Waals surface area contributed by atoms with Gasteiger partial charge in [-0.25, -0.2) is 0 Å². The Hall–Kier alpha value is -2.60. The maximum atomic E-state index is 5.34. The van der Waals surface area contributed by atoms with Gasteiger partial charge in [0.2, 0.25) is 0 Å². The van der Waals surface area contributed by atoms with Gasteiger partial charge in [0.05, 0.1) is 12.2 Å². The Labute approximate surface area is 190 Å². The minimum Gasteiger partial charge on any atom is -0.324 e. The molecule has 1 atom stereocenters. The molecule has 6 rings (SSSR count). The fraction of sp³-hybridized carbons (Fsp3) is 0.538. The first kappa shape index (κ1) is 20.0. The largest absolute Gasteiger partial charge is 0.324 e. The van der Waals surface area contributed by atoms with Crippen LogP contribution in [0.25, 0.3) is 11.1 Å². The molecule has 2 aromatic heterocycles. The van der Waals surface area contributed by atoms with Crippen molar-refractivity contribution in [3.05, 3.63) is 47.4 Å². The highest BCUT2D eigenvalue weighted by molar-refractivity contribution is 5.76. The highest BCUT2D eigenvalue weighted by Gasteiger charge is 2.35. The lowest BCUT2D eigenvalue weighted by atomic mass is 9.95. The van der Waals surface area contributed by atoms with E-state index >= 15 is 0 Å². The van der Waals surface area contributed by atoms with Crippen molar-refractivity contribution in [2.24, 2.45) is 7.05 Å². The number of nitrogens with zero attached hydrogens (tertiary/aromatic N) is 6. The zero-order valence-electron chi connectivity index (χ0n) is 19.6. The third-order valence-corrected chi connectivity index (χ3v) is 7.87. The van der Waals surface area contributed by atoms with Crippen molar-refractivity contribution in [3.63, 3.8) is 0 Å². The van der Waals surface area contributed by atoms with Crippen LogP contribution in [-0.2, 0) is 20.0 Å². The minimum atomic E-state index is 0.537. The SMILES string of the molecule is CCC1CN(c2nn(C3CCCC3)c3c2CN(C)CC3)c2ccc(-c3cnn(C)c3)cc21. The van der Waals surface area contributed by atoms with Crippen LogP contribution in [0.5, 0.6) is 0 Å². The average molecular weight is 431 g/mol. The van der Waals surface area contributed by atoms with Crippen molar-refractivity contribution in [1.82, 2.24) is 24.5 Å². The third kappa shape index (κ3) is 3.19. The number of benzene rings is 1. The van der Waals surface area contributed by atoms with Gasteiger partial charge in [-0.1, -0.05) is 25.8 Å². The van der Waals surface area contributed by atoms with Gasteiger partial charge in [0.15, 0.2) is 5.82 Å². The van der Waals surface area contributed by atoms with Crippen LogP contribution < -0.4 is 4.90 Å². The Morgan fingerprint density at radius 2 is 1.94 bits per heavy atom. The summed E-state index contributed by atoms with van der Waals surface area (Å²) in [5.74, 6) is 1.75. The van der Waals surface area contributed by atoms with Gasteiger partial charge < -0.3 is 9.80 Å². The smallest absolute Gasteiger partial charge is 0.159 e. The molecular weight excluding hydrogens is 396 g/mol. The Morgan fingerprint density at radius 3 is 2.69 bits per heavy atom. The van der Waals surface area contributed by atoms with Gasteiger partial charge in [0.25, 0.3) is 0 Å². The number of likely N-dealkylation sites (N-methyl/N-ethyl adjacent to an activating group) is 1. The van der Waals surface area contributed by atoms with Crippen molar-refractivity contribution < 1.29 is 0 Å². The van der Waals surface area contributed by atoms with E-state index in [1.54, 1.807) is 0 Å². The zero-order valence-corrected chi connectivity index (χ0v) is 19.6. The molecule has 1 saturated carbocycles. The second kappa shape index (κ2) is 7.77. The molecule has 4 heterocycles. The van der Waals surface area contributed by atoms with Crippen LogP contribution in [0, 0.1) is 0 Å². The molecule has 1 aromatic carbocycles. The number of anilines is 2. The molecular formula is C26H34N6. The van der Waals surface area contributed by atoms with E-state index in [0.29, 0.717) is 12.0 Å². The number of aromatic nitrogens is 4. The molecule has 0 saturated heterocycles. The lowest BCUT2D eigenvalue weighted by molar-refractivity contribution is 0.303. The van der Waals surface area contributed by atoms with E-state index in [-0.39, 0.29) is 0 Å². The fourth-order valence-corrected chi connectivity index (χ4v) is 6.07. The van der Waals surface area contributed by atoms with E-state index in [9.17, 15) is 0 Å². The molecule has 6 heteroatoms. The van der Waals surface area contributed by atoms with Crippen LogP contribution in [0.15, 0.2) is 30.6 Å². The van der Waals surface area contributed by atoms with Gasteiger partial charge in [-0.05, 0) is 49.6 Å². The second-order valence-corrected chi connectivity index (χ2v) is 10.0. The van der Waals surface area contributed by atoms with Gasteiger partial charge in [0.1, 0.15) is 0 Å². The molecule has 1 aliphatic carbocycles. The van der Waals surface area contributed by atoms with Crippen LogP contribution in [0.2, 0.25) is 0 Å². The van der Waals surface area contributed by atoms with E-state index in [1.807, 2.05) is 17.9 Å². The Kier molecular flexibility index (Phi) is 4.86. The van der Waals surface area contributed by atoms with Crippen LogP contribution in [-0.4, -0.2) is 44.6 Å². The predicted octanol–water partition coefficient (Wildman–Crippen LogP) is 5.03. The van der Waals surface area contributed by atoms with E-state index in [2.05, 4.69) is 57.9 Å². The lowest BCUT2D eigenvalue weighted by Crippen LogP contribution is -2.28. The summed E-state index contributed by atoms with van der Waals surface area (Å²) in [6.07, 6.45) is 11.6. The third-order valence-electron chi connectivity index (χ3n) is 7.87. The van der Waals surface area contributed by atoms with Crippen LogP contribution in [0.3, 0.4) is 0 Å². The summed E-state index contributed by atoms with van der Waals surface area (Å²) in [4.78, 5) is 4.98.